The fraction of sp³-hybridized carbons (Fsp3) is 0.267. The van der Waals surface area contributed by atoms with Crippen molar-refractivity contribution in [1.29, 1.82) is 0 Å². The van der Waals surface area contributed by atoms with Crippen LogP contribution in [0.5, 0.6) is 11.6 Å². The monoisotopic (exact) mass is 254 g/mol. The van der Waals surface area contributed by atoms with E-state index in [1.807, 2.05) is 12.3 Å². The number of benzene rings is 1. The maximum Gasteiger partial charge on any atom is 0.257 e. The molecule has 4 rings (SSSR count). The fourth-order valence-corrected chi connectivity index (χ4v) is 2.58. The number of anilines is 1. The largest absolute Gasteiger partial charge is 0.484 e. The smallest absolute Gasteiger partial charge is 0.257 e. The predicted molar refractivity (Wildman–Crippen MR) is 72.9 cm³/mol. The summed E-state index contributed by atoms with van der Waals surface area (Å²) in [6.07, 6.45) is 2.93. The first-order valence-electron chi connectivity index (χ1n) is 6.53. The molecule has 1 aromatic heterocycles. The van der Waals surface area contributed by atoms with E-state index in [2.05, 4.69) is 28.5 Å². The number of fused-ring (bicyclic) bond motifs is 2. The van der Waals surface area contributed by atoms with Gasteiger partial charge in [-0.05, 0) is 35.7 Å². The number of hydrogen-bond donors (Lipinski definition) is 1. The van der Waals surface area contributed by atoms with Gasteiger partial charge in [-0.1, -0.05) is 6.07 Å². The highest BCUT2D eigenvalue weighted by Gasteiger charge is 2.15. The molecule has 0 aliphatic carbocycles. The Morgan fingerprint density at radius 3 is 3.00 bits per heavy atom. The lowest BCUT2D eigenvalue weighted by atomic mass is 10.0. The zero-order valence-electron chi connectivity index (χ0n) is 10.5. The van der Waals surface area contributed by atoms with Gasteiger partial charge < -0.3 is 14.8 Å². The summed E-state index contributed by atoms with van der Waals surface area (Å²) in [4.78, 5) is 4.33. The number of aromatic nitrogens is 1. The van der Waals surface area contributed by atoms with E-state index in [0.717, 1.165) is 24.3 Å². The summed E-state index contributed by atoms with van der Waals surface area (Å²) in [6, 6.07) is 8.48. The van der Waals surface area contributed by atoms with Crippen LogP contribution in [0.3, 0.4) is 0 Å². The molecule has 19 heavy (non-hydrogen) atoms. The molecular weight excluding hydrogens is 240 g/mol. The van der Waals surface area contributed by atoms with Crippen LogP contribution in [0.2, 0.25) is 0 Å². The van der Waals surface area contributed by atoms with Crippen LogP contribution in [0.25, 0.3) is 11.1 Å². The molecule has 0 atom stereocenters. The van der Waals surface area contributed by atoms with Gasteiger partial charge in [0.2, 0.25) is 0 Å². The third-order valence-electron chi connectivity index (χ3n) is 3.55. The van der Waals surface area contributed by atoms with E-state index >= 15 is 0 Å². The minimum atomic E-state index is 0.573. The van der Waals surface area contributed by atoms with Crippen molar-refractivity contribution in [2.75, 3.05) is 25.1 Å². The first-order valence-corrected chi connectivity index (χ1v) is 6.53. The van der Waals surface area contributed by atoms with Crippen LogP contribution in [0.4, 0.5) is 5.69 Å². The molecule has 0 saturated carbocycles. The predicted octanol–water partition coefficient (Wildman–Crippen LogP) is 2.49. The number of pyridine rings is 1. The van der Waals surface area contributed by atoms with Crippen LogP contribution in [0.15, 0.2) is 30.5 Å². The van der Waals surface area contributed by atoms with Gasteiger partial charge in [-0.2, -0.15) is 0 Å². The van der Waals surface area contributed by atoms with Crippen molar-refractivity contribution in [3.8, 4) is 22.8 Å². The molecule has 0 fully saturated rings. The second kappa shape index (κ2) is 4.16. The Labute approximate surface area is 111 Å². The SMILES string of the molecule is c1cc2c(cc1-c1cnc3c(c1)OCCO3)CCN2. The lowest BCUT2D eigenvalue weighted by Crippen LogP contribution is -2.16. The average Bonchev–Trinajstić information content (AvgIpc) is 2.94. The van der Waals surface area contributed by atoms with Crippen LogP contribution in [-0.4, -0.2) is 24.7 Å². The highest BCUT2D eigenvalue weighted by atomic mass is 16.6. The molecule has 0 saturated heterocycles. The van der Waals surface area contributed by atoms with Gasteiger partial charge in [0.15, 0.2) is 5.75 Å². The first kappa shape index (κ1) is 10.7. The second-order valence-corrected chi connectivity index (χ2v) is 4.77. The zero-order chi connectivity index (χ0) is 12.7. The van der Waals surface area contributed by atoms with Crippen LogP contribution >= 0.6 is 0 Å². The number of nitrogens with one attached hydrogen (secondary N) is 1. The molecule has 1 N–H and O–H groups in total. The van der Waals surface area contributed by atoms with Crippen LogP contribution < -0.4 is 14.8 Å². The molecular formula is C15H14N2O2. The van der Waals surface area contributed by atoms with Gasteiger partial charge in [0.05, 0.1) is 0 Å². The minimum absolute atomic E-state index is 0.573. The molecule has 1 aromatic carbocycles. The second-order valence-electron chi connectivity index (χ2n) is 4.77. The van der Waals surface area contributed by atoms with E-state index < -0.39 is 0 Å². The van der Waals surface area contributed by atoms with Crippen molar-refractivity contribution in [2.45, 2.75) is 6.42 Å². The van der Waals surface area contributed by atoms with E-state index in [0.29, 0.717) is 19.1 Å². The maximum absolute atomic E-state index is 5.58. The quantitative estimate of drug-likeness (QED) is 0.849. The summed E-state index contributed by atoms with van der Waals surface area (Å²) < 4.78 is 11.0. The average molecular weight is 254 g/mol. The molecule has 0 spiro atoms. The minimum Gasteiger partial charge on any atom is -0.484 e. The van der Waals surface area contributed by atoms with Gasteiger partial charge in [-0.3, -0.25) is 0 Å². The molecule has 2 aliphatic heterocycles. The lowest BCUT2D eigenvalue weighted by Gasteiger charge is -2.17. The Morgan fingerprint density at radius 2 is 2.00 bits per heavy atom. The summed E-state index contributed by atoms with van der Waals surface area (Å²) in [5.74, 6) is 1.33. The summed E-state index contributed by atoms with van der Waals surface area (Å²) in [5.41, 5.74) is 4.85. The summed E-state index contributed by atoms with van der Waals surface area (Å²) >= 11 is 0. The van der Waals surface area contributed by atoms with Crippen molar-refractivity contribution in [3.05, 3.63) is 36.0 Å². The number of ether oxygens (including phenoxy) is 2. The van der Waals surface area contributed by atoms with Gasteiger partial charge in [0, 0.05) is 24.0 Å². The number of hydrogen-bond acceptors (Lipinski definition) is 4. The first-order chi connectivity index (χ1) is 9.40. The van der Waals surface area contributed by atoms with Crippen molar-refractivity contribution in [3.63, 3.8) is 0 Å². The highest BCUT2D eigenvalue weighted by molar-refractivity contribution is 5.70. The van der Waals surface area contributed by atoms with Crippen LogP contribution in [0.1, 0.15) is 5.56 Å². The molecule has 0 amide bonds. The Morgan fingerprint density at radius 1 is 1.05 bits per heavy atom. The summed E-state index contributed by atoms with van der Waals surface area (Å²) in [5, 5.41) is 3.37. The topological polar surface area (TPSA) is 43.4 Å². The van der Waals surface area contributed by atoms with Gasteiger partial charge in [0.1, 0.15) is 13.2 Å². The Hall–Kier alpha value is -2.23. The molecule has 2 aliphatic rings. The van der Waals surface area contributed by atoms with Gasteiger partial charge in [0.25, 0.3) is 5.88 Å². The molecule has 0 radical (unpaired) electrons. The van der Waals surface area contributed by atoms with E-state index in [4.69, 9.17) is 9.47 Å². The molecule has 0 bridgehead atoms. The molecule has 4 nitrogen and oxygen atoms in total. The highest BCUT2D eigenvalue weighted by Crippen LogP contribution is 2.34. The van der Waals surface area contributed by atoms with E-state index in [1.165, 1.54) is 16.8 Å². The Balaban J connectivity index is 1.76. The van der Waals surface area contributed by atoms with Crippen molar-refractivity contribution in [2.24, 2.45) is 0 Å². The Bertz CT molecular complexity index is 640. The normalized spacial score (nSPS) is 15.8. The standard InChI is InChI=1S/C15H14N2O2/c1-2-13-11(3-4-16-13)7-10(1)12-8-14-15(17-9-12)19-6-5-18-14/h1-2,7-9,16H,3-6H2. The number of rotatable bonds is 1. The maximum atomic E-state index is 5.58. The number of nitrogens with zero attached hydrogens (tertiary/aromatic N) is 1. The molecule has 2 aromatic rings. The van der Waals surface area contributed by atoms with Crippen molar-refractivity contribution < 1.29 is 9.47 Å². The van der Waals surface area contributed by atoms with E-state index in [-0.39, 0.29) is 0 Å². The van der Waals surface area contributed by atoms with E-state index in [1.54, 1.807) is 0 Å². The van der Waals surface area contributed by atoms with Crippen LogP contribution in [0, 0.1) is 0 Å². The summed E-state index contributed by atoms with van der Waals surface area (Å²) in [6.45, 7) is 2.19. The molecule has 96 valence electrons. The van der Waals surface area contributed by atoms with Gasteiger partial charge >= 0.3 is 0 Å². The molecule has 4 heteroatoms. The summed E-state index contributed by atoms with van der Waals surface area (Å²) in [7, 11) is 0. The van der Waals surface area contributed by atoms with E-state index in [9.17, 15) is 0 Å². The molecule has 0 unspecified atom stereocenters. The zero-order valence-corrected chi connectivity index (χ0v) is 10.5. The van der Waals surface area contributed by atoms with Gasteiger partial charge in [-0.15, -0.1) is 0 Å². The van der Waals surface area contributed by atoms with Gasteiger partial charge in [-0.25, -0.2) is 4.98 Å². The molecule has 3 heterocycles. The lowest BCUT2D eigenvalue weighted by molar-refractivity contribution is 0.164. The van der Waals surface area contributed by atoms with Crippen LogP contribution in [-0.2, 0) is 6.42 Å². The van der Waals surface area contributed by atoms with Crippen molar-refractivity contribution in [1.82, 2.24) is 4.98 Å². The fourth-order valence-electron chi connectivity index (χ4n) is 2.58. The third kappa shape index (κ3) is 1.80. The van der Waals surface area contributed by atoms with Crippen molar-refractivity contribution >= 4 is 5.69 Å². The Kier molecular flexibility index (Phi) is 2.33. The third-order valence-corrected chi connectivity index (χ3v) is 3.55.